The molecule has 0 spiro atoms. The van der Waals surface area contributed by atoms with E-state index >= 15 is 0 Å². The van der Waals surface area contributed by atoms with Gasteiger partial charge in [-0.1, -0.05) is 41.2 Å². The van der Waals surface area contributed by atoms with Crippen LogP contribution < -0.4 is 4.90 Å². The number of nitrogens with zero attached hydrogens (tertiary/aromatic N) is 3. The molecule has 4 rings (SSSR count). The first-order valence-electron chi connectivity index (χ1n) is 9.87. The van der Waals surface area contributed by atoms with Gasteiger partial charge >= 0.3 is 0 Å². The molecule has 0 atom stereocenters. The van der Waals surface area contributed by atoms with E-state index in [2.05, 4.69) is 62.9 Å². The minimum absolute atomic E-state index is 0.226. The second kappa shape index (κ2) is 7.55. The smallest absolute Gasteiger partial charge is 0.227 e. The summed E-state index contributed by atoms with van der Waals surface area (Å²) in [7, 11) is 0. The molecule has 28 heavy (non-hydrogen) atoms. The van der Waals surface area contributed by atoms with Crippen LogP contribution in [0.15, 0.2) is 30.3 Å². The van der Waals surface area contributed by atoms with E-state index in [-0.39, 0.29) is 5.91 Å². The number of carbonyl (C=O) groups excluding carboxylic acids is 1. The number of hydrogen-bond donors (Lipinski definition) is 0. The van der Waals surface area contributed by atoms with Crippen LogP contribution in [0.4, 0.5) is 5.13 Å². The molecule has 0 N–H and O–H groups in total. The minimum atomic E-state index is 0.226. The van der Waals surface area contributed by atoms with Gasteiger partial charge in [0.2, 0.25) is 5.91 Å². The third-order valence-electron chi connectivity index (χ3n) is 5.56. The highest BCUT2D eigenvalue weighted by atomic mass is 32.1. The molecule has 1 aliphatic rings. The van der Waals surface area contributed by atoms with Crippen LogP contribution in [0.1, 0.15) is 27.8 Å². The van der Waals surface area contributed by atoms with Gasteiger partial charge in [0.25, 0.3) is 0 Å². The fraction of sp³-hybridized carbons (Fsp3) is 0.391. The number of hydrogen-bond acceptors (Lipinski definition) is 4. The predicted octanol–water partition coefficient (Wildman–Crippen LogP) is 4.42. The van der Waals surface area contributed by atoms with Crippen LogP contribution in [0, 0.1) is 27.7 Å². The van der Waals surface area contributed by atoms with Crippen molar-refractivity contribution in [3.8, 4) is 0 Å². The Balaban J connectivity index is 1.42. The minimum Gasteiger partial charge on any atom is -0.345 e. The fourth-order valence-electron chi connectivity index (χ4n) is 3.91. The number of carbonyl (C=O) groups is 1. The van der Waals surface area contributed by atoms with Crippen LogP contribution in [0.25, 0.3) is 10.2 Å². The Bertz CT molecular complexity index is 1030. The van der Waals surface area contributed by atoms with Gasteiger partial charge in [0.15, 0.2) is 5.13 Å². The lowest BCUT2D eigenvalue weighted by atomic mass is 10.0. The van der Waals surface area contributed by atoms with Crippen molar-refractivity contribution in [1.29, 1.82) is 0 Å². The Labute approximate surface area is 170 Å². The summed E-state index contributed by atoms with van der Waals surface area (Å²) in [6, 6.07) is 10.7. The third kappa shape index (κ3) is 3.76. The van der Waals surface area contributed by atoms with E-state index in [0.29, 0.717) is 6.42 Å². The topological polar surface area (TPSA) is 36.4 Å². The molecule has 3 aromatic rings. The molecule has 0 unspecified atom stereocenters. The van der Waals surface area contributed by atoms with Crippen LogP contribution in [0.2, 0.25) is 0 Å². The van der Waals surface area contributed by atoms with Crippen LogP contribution in [0.3, 0.4) is 0 Å². The molecule has 2 aromatic carbocycles. The summed E-state index contributed by atoms with van der Waals surface area (Å²) < 4.78 is 1.27. The van der Waals surface area contributed by atoms with Crippen LogP contribution in [-0.2, 0) is 11.2 Å². The average Bonchev–Trinajstić information content (AvgIpc) is 3.09. The number of amides is 1. The quantitative estimate of drug-likeness (QED) is 0.661. The molecule has 0 bridgehead atoms. The van der Waals surface area contributed by atoms with Crippen molar-refractivity contribution >= 4 is 32.6 Å². The van der Waals surface area contributed by atoms with Crippen molar-refractivity contribution in [2.24, 2.45) is 0 Å². The Morgan fingerprint density at radius 2 is 1.71 bits per heavy atom. The maximum atomic E-state index is 12.8. The molecule has 0 aliphatic carbocycles. The fourth-order valence-corrected chi connectivity index (χ4v) is 4.98. The van der Waals surface area contributed by atoms with Crippen molar-refractivity contribution in [3.05, 3.63) is 58.1 Å². The first kappa shape index (κ1) is 18.9. The molecule has 0 radical (unpaired) electrons. The first-order valence-corrected chi connectivity index (χ1v) is 10.7. The summed E-state index contributed by atoms with van der Waals surface area (Å²) in [6.07, 6.45) is 0.493. The number of anilines is 1. The van der Waals surface area contributed by atoms with Crippen molar-refractivity contribution in [3.63, 3.8) is 0 Å². The van der Waals surface area contributed by atoms with Gasteiger partial charge in [-0.25, -0.2) is 4.98 Å². The second-order valence-corrected chi connectivity index (χ2v) is 8.88. The third-order valence-corrected chi connectivity index (χ3v) is 6.83. The SMILES string of the molecule is Cc1ccc(C)c(CC(=O)N2CCN(c3nc4cc(C)cc(C)c4s3)CC2)c1. The highest BCUT2D eigenvalue weighted by Gasteiger charge is 2.23. The van der Waals surface area contributed by atoms with Crippen molar-refractivity contribution in [1.82, 2.24) is 9.88 Å². The molecular weight excluding hydrogens is 366 g/mol. The summed E-state index contributed by atoms with van der Waals surface area (Å²) in [4.78, 5) is 22.0. The lowest BCUT2D eigenvalue weighted by Crippen LogP contribution is -2.49. The largest absolute Gasteiger partial charge is 0.345 e. The summed E-state index contributed by atoms with van der Waals surface area (Å²) in [6.45, 7) is 11.6. The zero-order chi connectivity index (χ0) is 19.8. The maximum absolute atomic E-state index is 12.8. The number of aryl methyl sites for hydroxylation is 4. The number of thiazole rings is 1. The van der Waals surface area contributed by atoms with Gasteiger partial charge in [-0.2, -0.15) is 0 Å². The molecule has 1 saturated heterocycles. The zero-order valence-corrected chi connectivity index (χ0v) is 17.9. The molecule has 4 nitrogen and oxygen atoms in total. The van der Waals surface area contributed by atoms with Gasteiger partial charge in [0, 0.05) is 26.2 Å². The molecular formula is C23H27N3OS. The Morgan fingerprint density at radius 1 is 0.964 bits per heavy atom. The van der Waals surface area contributed by atoms with Crippen LogP contribution in [-0.4, -0.2) is 42.0 Å². The second-order valence-electron chi connectivity index (χ2n) is 7.90. The van der Waals surface area contributed by atoms with E-state index in [1.165, 1.54) is 27.0 Å². The molecule has 5 heteroatoms. The van der Waals surface area contributed by atoms with E-state index in [9.17, 15) is 4.79 Å². The maximum Gasteiger partial charge on any atom is 0.227 e. The summed E-state index contributed by atoms with van der Waals surface area (Å²) in [5.41, 5.74) is 7.18. The molecule has 146 valence electrons. The van der Waals surface area contributed by atoms with Crippen LogP contribution >= 0.6 is 11.3 Å². The van der Waals surface area contributed by atoms with E-state index in [4.69, 9.17) is 4.98 Å². The van der Waals surface area contributed by atoms with Gasteiger partial charge in [-0.15, -0.1) is 0 Å². The van der Waals surface area contributed by atoms with Gasteiger partial charge in [-0.3, -0.25) is 4.79 Å². The van der Waals surface area contributed by atoms with Crippen molar-refractivity contribution < 1.29 is 4.79 Å². The van der Waals surface area contributed by atoms with E-state index in [1.807, 2.05) is 4.90 Å². The molecule has 1 amide bonds. The molecule has 1 aromatic heterocycles. The summed E-state index contributed by atoms with van der Waals surface area (Å²) in [5.74, 6) is 0.226. The van der Waals surface area contributed by atoms with E-state index in [1.54, 1.807) is 11.3 Å². The Kier molecular flexibility index (Phi) is 5.11. The Morgan fingerprint density at radius 3 is 2.46 bits per heavy atom. The number of fused-ring (bicyclic) bond motifs is 1. The lowest BCUT2D eigenvalue weighted by Gasteiger charge is -2.34. The molecule has 1 aliphatic heterocycles. The lowest BCUT2D eigenvalue weighted by molar-refractivity contribution is -0.130. The summed E-state index contributed by atoms with van der Waals surface area (Å²) >= 11 is 1.77. The van der Waals surface area contributed by atoms with Crippen molar-refractivity contribution in [2.75, 3.05) is 31.1 Å². The first-order chi connectivity index (χ1) is 13.4. The number of rotatable bonds is 3. The Hall–Kier alpha value is -2.40. The molecule has 2 heterocycles. The van der Waals surface area contributed by atoms with Gasteiger partial charge < -0.3 is 9.80 Å². The number of benzene rings is 2. The van der Waals surface area contributed by atoms with E-state index in [0.717, 1.165) is 42.4 Å². The standard InChI is InChI=1S/C23H27N3OS/c1-15-5-6-17(3)19(12-15)14-21(27)25-7-9-26(10-8-25)23-24-20-13-16(2)11-18(4)22(20)28-23/h5-6,11-13H,7-10,14H2,1-4H3. The zero-order valence-electron chi connectivity index (χ0n) is 17.1. The molecule has 1 fully saturated rings. The highest BCUT2D eigenvalue weighted by molar-refractivity contribution is 7.22. The number of piperazine rings is 1. The molecule has 0 saturated carbocycles. The highest BCUT2D eigenvalue weighted by Crippen LogP contribution is 2.32. The van der Waals surface area contributed by atoms with Gasteiger partial charge in [0.05, 0.1) is 16.6 Å². The predicted molar refractivity (Wildman–Crippen MR) is 118 cm³/mol. The summed E-state index contributed by atoms with van der Waals surface area (Å²) in [5, 5.41) is 1.07. The van der Waals surface area contributed by atoms with Crippen molar-refractivity contribution in [2.45, 2.75) is 34.1 Å². The van der Waals surface area contributed by atoms with Crippen LogP contribution in [0.5, 0.6) is 0 Å². The monoisotopic (exact) mass is 393 g/mol. The van der Waals surface area contributed by atoms with Gasteiger partial charge in [-0.05, 0) is 56.0 Å². The normalized spacial score (nSPS) is 14.7. The average molecular weight is 394 g/mol. The number of aromatic nitrogens is 1. The van der Waals surface area contributed by atoms with Gasteiger partial charge in [0.1, 0.15) is 0 Å². The van der Waals surface area contributed by atoms with E-state index < -0.39 is 0 Å².